The summed E-state index contributed by atoms with van der Waals surface area (Å²) in [5.74, 6) is 0. The van der Waals surface area contributed by atoms with E-state index in [9.17, 15) is 0 Å². The monoisotopic (exact) mass is 699 g/mol. The van der Waals surface area contributed by atoms with Crippen LogP contribution in [0, 0.1) is 0 Å². The number of hydrogen-bond acceptors (Lipinski definition) is 0. The van der Waals surface area contributed by atoms with E-state index in [2.05, 4.69) is 214 Å². The van der Waals surface area contributed by atoms with E-state index >= 15 is 0 Å². The minimum atomic E-state index is 1.14. The molecular formula is C52H33N3. The van der Waals surface area contributed by atoms with Crippen LogP contribution in [0.3, 0.4) is 0 Å². The molecule has 12 aromatic rings. The maximum Gasteiger partial charge on any atom is 0.0789 e. The van der Waals surface area contributed by atoms with Gasteiger partial charge in [0.15, 0.2) is 0 Å². The van der Waals surface area contributed by atoms with Crippen LogP contribution in [0.1, 0.15) is 0 Å². The Morgan fingerprint density at radius 2 is 0.764 bits per heavy atom. The van der Waals surface area contributed by atoms with Gasteiger partial charge in [-0.3, -0.25) is 0 Å². The van der Waals surface area contributed by atoms with Gasteiger partial charge in [-0.25, -0.2) is 0 Å². The van der Waals surface area contributed by atoms with Crippen molar-refractivity contribution in [1.82, 2.24) is 13.7 Å². The lowest BCUT2D eigenvalue weighted by Crippen LogP contribution is -1.99. The summed E-state index contributed by atoms with van der Waals surface area (Å²) in [6.07, 6.45) is 0. The van der Waals surface area contributed by atoms with E-state index in [4.69, 9.17) is 0 Å². The predicted molar refractivity (Wildman–Crippen MR) is 232 cm³/mol. The van der Waals surface area contributed by atoms with Gasteiger partial charge in [-0.1, -0.05) is 140 Å². The molecule has 3 aromatic heterocycles. The Kier molecular flexibility index (Phi) is 6.34. The number of aromatic nitrogens is 3. The zero-order valence-electron chi connectivity index (χ0n) is 29.9. The third-order valence-electron chi connectivity index (χ3n) is 11.6. The van der Waals surface area contributed by atoms with Gasteiger partial charge in [0.1, 0.15) is 0 Å². The third-order valence-corrected chi connectivity index (χ3v) is 11.6. The highest BCUT2D eigenvalue weighted by molar-refractivity contribution is 6.24. The molecule has 3 heterocycles. The largest absolute Gasteiger partial charge is 0.309 e. The maximum atomic E-state index is 2.50. The molecule has 0 aliphatic heterocycles. The summed E-state index contributed by atoms with van der Waals surface area (Å²) >= 11 is 0. The van der Waals surface area contributed by atoms with Crippen LogP contribution in [0.2, 0.25) is 0 Å². The van der Waals surface area contributed by atoms with Crippen molar-refractivity contribution in [2.75, 3.05) is 0 Å². The molecule has 0 aliphatic carbocycles. The van der Waals surface area contributed by atoms with E-state index in [0.29, 0.717) is 0 Å². The molecule has 0 atom stereocenters. The lowest BCUT2D eigenvalue weighted by Gasteiger charge is -2.15. The molecule has 12 rings (SSSR count). The Morgan fingerprint density at radius 1 is 0.255 bits per heavy atom. The van der Waals surface area contributed by atoms with Gasteiger partial charge in [-0.15, -0.1) is 0 Å². The quantitative estimate of drug-likeness (QED) is 0.174. The van der Waals surface area contributed by atoms with Crippen LogP contribution in [0.5, 0.6) is 0 Å². The normalized spacial score (nSPS) is 12.0. The van der Waals surface area contributed by atoms with Gasteiger partial charge < -0.3 is 13.7 Å². The van der Waals surface area contributed by atoms with E-state index in [1.54, 1.807) is 0 Å². The molecule has 3 heteroatoms. The highest BCUT2D eigenvalue weighted by Gasteiger charge is 2.22. The number of para-hydroxylation sites is 4. The predicted octanol–water partition coefficient (Wildman–Crippen LogP) is 13.8. The van der Waals surface area contributed by atoms with Crippen molar-refractivity contribution in [2.24, 2.45) is 0 Å². The van der Waals surface area contributed by atoms with Gasteiger partial charge in [0.25, 0.3) is 0 Å². The molecule has 0 unspecified atom stereocenters. The van der Waals surface area contributed by atoms with Gasteiger partial charge in [0, 0.05) is 49.1 Å². The van der Waals surface area contributed by atoms with E-state index in [-0.39, 0.29) is 0 Å². The summed E-state index contributed by atoms with van der Waals surface area (Å²) in [4.78, 5) is 0. The van der Waals surface area contributed by atoms with Crippen LogP contribution in [-0.4, -0.2) is 13.7 Å². The molecule has 256 valence electrons. The van der Waals surface area contributed by atoms with Gasteiger partial charge in [-0.05, 0) is 77.2 Å². The number of fused-ring (bicyclic) bond motifs is 11. The molecule has 0 radical (unpaired) electrons. The minimum Gasteiger partial charge on any atom is -0.309 e. The van der Waals surface area contributed by atoms with Gasteiger partial charge in [-0.2, -0.15) is 0 Å². The first-order valence-electron chi connectivity index (χ1n) is 18.9. The van der Waals surface area contributed by atoms with Crippen LogP contribution >= 0.6 is 0 Å². The maximum absolute atomic E-state index is 2.50. The van der Waals surface area contributed by atoms with Crippen LogP contribution in [0.25, 0.3) is 104 Å². The Labute approximate surface area is 317 Å². The number of hydrogen-bond donors (Lipinski definition) is 0. The number of benzene rings is 9. The molecule has 0 amide bonds. The fourth-order valence-corrected chi connectivity index (χ4v) is 9.25. The van der Waals surface area contributed by atoms with Crippen molar-refractivity contribution in [1.29, 1.82) is 0 Å². The molecule has 0 fully saturated rings. The first kappa shape index (κ1) is 30.1. The molecule has 55 heavy (non-hydrogen) atoms. The van der Waals surface area contributed by atoms with Crippen LogP contribution in [-0.2, 0) is 0 Å². The molecule has 0 spiro atoms. The first-order valence-corrected chi connectivity index (χ1v) is 18.9. The Balaban J connectivity index is 1.14. The highest BCUT2D eigenvalue weighted by Crippen LogP contribution is 2.43. The fourth-order valence-electron chi connectivity index (χ4n) is 9.25. The van der Waals surface area contributed by atoms with Crippen molar-refractivity contribution in [3.05, 3.63) is 200 Å². The lowest BCUT2D eigenvalue weighted by molar-refractivity contribution is 1.16. The number of nitrogens with zero attached hydrogens (tertiary/aromatic N) is 3. The topological polar surface area (TPSA) is 14.8 Å². The van der Waals surface area contributed by atoms with Crippen LogP contribution in [0.4, 0.5) is 0 Å². The third kappa shape index (κ3) is 4.32. The van der Waals surface area contributed by atoms with Crippen molar-refractivity contribution in [3.8, 4) is 28.2 Å². The second-order valence-electron chi connectivity index (χ2n) is 14.5. The summed E-state index contributed by atoms with van der Waals surface area (Å²) < 4.78 is 7.38. The second-order valence-corrected chi connectivity index (χ2v) is 14.5. The zero-order chi connectivity index (χ0) is 36.0. The summed E-state index contributed by atoms with van der Waals surface area (Å²) in [5.41, 5.74) is 13.1. The molecule has 0 saturated heterocycles. The second kappa shape index (κ2) is 11.6. The van der Waals surface area contributed by atoms with Gasteiger partial charge in [0.2, 0.25) is 0 Å². The fraction of sp³-hybridized carbons (Fsp3) is 0. The van der Waals surface area contributed by atoms with E-state index in [0.717, 1.165) is 5.69 Å². The van der Waals surface area contributed by atoms with E-state index in [1.807, 2.05) is 0 Å². The molecule has 9 aromatic carbocycles. The smallest absolute Gasteiger partial charge is 0.0789 e. The Hall–Kier alpha value is -7.36. The Morgan fingerprint density at radius 3 is 1.51 bits per heavy atom. The average Bonchev–Trinajstić information content (AvgIpc) is 3.89. The van der Waals surface area contributed by atoms with Crippen molar-refractivity contribution >= 4 is 76.2 Å². The average molecular weight is 700 g/mol. The molecule has 3 nitrogen and oxygen atoms in total. The van der Waals surface area contributed by atoms with Gasteiger partial charge >= 0.3 is 0 Å². The zero-order valence-corrected chi connectivity index (χ0v) is 29.9. The highest BCUT2D eigenvalue weighted by atomic mass is 15.0. The van der Waals surface area contributed by atoms with Crippen molar-refractivity contribution in [3.63, 3.8) is 0 Å². The van der Waals surface area contributed by atoms with Crippen molar-refractivity contribution < 1.29 is 0 Å². The van der Waals surface area contributed by atoms with Crippen molar-refractivity contribution in [2.45, 2.75) is 0 Å². The summed E-state index contributed by atoms with van der Waals surface area (Å²) in [5, 5.41) is 9.96. The van der Waals surface area contributed by atoms with E-state index < -0.39 is 0 Å². The SMILES string of the molecule is c1ccc(-n2c3ccccc3c3cc(-c4cccc(-n5c6ccccc6c6ccc7c8ccccc8n(-c8cccc9ccccc89)c7c65)c4)ccc32)cc1. The van der Waals surface area contributed by atoms with Crippen LogP contribution in [0.15, 0.2) is 200 Å². The summed E-state index contributed by atoms with van der Waals surface area (Å²) in [6, 6.07) is 73.2. The summed E-state index contributed by atoms with van der Waals surface area (Å²) in [6.45, 7) is 0. The van der Waals surface area contributed by atoms with Gasteiger partial charge in [0.05, 0.1) is 38.8 Å². The first-order chi connectivity index (χ1) is 27.3. The molecule has 0 bridgehead atoms. The lowest BCUT2D eigenvalue weighted by atomic mass is 10.0. The summed E-state index contributed by atoms with van der Waals surface area (Å²) in [7, 11) is 0. The Bertz CT molecular complexity index is 3480. The molecular weight excluding hydrogens is 667 g/mol. The molecule has 0 aliphatic rings. The molecule has 0 N–H and O–H groups in total. The molecule has 0 saturated carbocycles. The standard InChI is InChI=1S/C52H33N3/c1-2-17-37(18-3-1)53-47-24-9-8-23-42(47)45-33-36(28-31-50(45)53)35-16-12-19-38(32-35)54-48-25-10-6-21-40(48)43-29-30-44-41-22-7-11-26-49(41)55(52(44)51(43)54)46-27-13-15-34-14-4-5-20-39(34)46/h1-33H. The minimum absolute atomic E-state index is 1.14. The number of rotatable bonds is 4. The van der Waals surface area contributed by atoms with Crippen LogP contribution < -0.4 is 0 Å². The van der Waals surface area contributed by atoms with E-state index in [1.165, 1.54) is 98.7 Å².